The molecule has 6 heteroatoms. The van der Waals surface area contributed by atoms with Crippen molar-refractivity contribution in [3.05, 3.63) is 118 Å². The molecule has 0 spiro atoms. The van der Waals surface area contributed by atoms with Gasteiger partial charge in [-0.25, -0.2) is 0 Å². The fourth-order valence-corrected chi connectivity index (χ4v) is 4.57. The van der Waals surface area contributed by atoms with Crippen LogP contribution in [0.1, 0.15) is 32.7 Å². The number of anilines is 2. The molecule has 0 fully saturated rings. The van der Waals surface area contributed by atoms with E-state index in [0.717, 1.165) is 34.6 Å². The van der Waals surface area contributed by atoms with Crippen molar-refractivity contribution >= 4 is 34.8 Å². The zero-order chi connectivity index (χ0) is 23.7. The number of carbonyl (C=O) groups excluding carboxylic acids is 2. The highest BCUT2D eigenvalue weighted by Gasteiger charge is 2.25. The SMILES string of the molecule is Cc1cc(C(=O)N2Cc3cccn3Cc3ccccc32)ccc1NC(=O)Cc1ccccc1Cl. The molecule has 3 aromatic carbocycles. The Hall–Kier alpha value is -3.83. The summed E-state index contributed by atoms with van der Waals surface area (Å²) in [5.41, 5.74) is 5.97. The van der Waals surface area contributed by atoms with Crippen LogP contribution in [0.4, 0.5) is 11.4 Å². The van der Waals surface area contributed by atoms with E-state index in [9.17, 15) is 9.59 Å². The van der Waals surface area contributed by atoms with Gasteiger partial charge in [-0.05, 0) is 66.1 Å². The fraction of sp³-hybridized carbons (Fsp3) is 0.143. The summed E-state index contributed by atoms with van der Waals surface area (Å²) < 4.78 is 2.18. The number of nitrogens with one attached hydrogen (secondary N) is 1. The van der Waals surface area contributed by atoms with E-state index in [-0.39, 0.29) is 18.2 Å². The summed E-state index contributed by atoms with van der Waals surface area (Å²) in [5.74, 6) is -0.225. The molecular weight excluding hydrogens is 446 g/mol. The molecule has 0 saturated carbocycles. The number of hydrogen-bond acceptors (Lipinski definition) is 2. The van der Waals surface area contributed by atoms with E-state index in [1.54, 1.807) is 18.2 Å². The van der Waals surface area contributed by atoms with Crippen molar-refractivity contribution < 1.29 is 9.59 Å². The molecule has 2 amide bonds. The number of benzene rings is 3. The average molecular weight is 470 g/mol. The smallest absolute Gasteiger partial charge is 0.258 e. The third-order valence-electron chi connectivity index (χ3n) is 6.17. The summed E-state index contributed by atoms with van der Waals surface area (Å²) >= 11 is 6.18. The molecule has 4 aromatic rings. The number of halogens is 1. The van der Waals surface area contributed by atoms with E-state index in [0.29, 0.717) is 22.8 Å². The van der Waals surface area contributed by atoms with Gasteiger partial charge in [0.25, 0.3) is 5.91 Å². The molecule has 2 heterocycles. The van der Waals surface area contributed by atoms with E-state index in [2.05, 4.69) is 22.0 Å². The number of nitrogens with zero attached hydrogens (tertiary/aromatic N) is 2. The first-order chi connectivity index (χ1) is 16.5. The molecule has 0 radical (unpaired) electrons. The van der Waals surface area contributed by atoms with E-state index in [1.807, 2.05) is 66.6 Å². The van der Waals surface area contributed by atoms with Gasteiger partial charge >= 0.3 is 0 Å². The van der Waals surface area contributed by atoms with Crippen LogP contribution in [0.5, 0.6) is 0 Å². The summed E-state index contributed by atoms with van der Waals surface area (Å²) in [6.07, 6.45) is 2.23. The molecule has 5 nitrogen and oxygen atoms in total. The predicted octanol–water partition coefficient (Wildman–Crippen LogP) is 5.84. The monoisotopic (exact) mass is 469 g/mol. The number of fused-ring (bicyclic) bond motifs is 2. The first kappa shape index (κ1) is 22.0. The van der Waals surface area contributed by atoms with Gasteiger partial charge in [0, 0.05) is 40.4 Å². The number of aromatic nitrogens is 1. The van der Waals surface area contributed by atoms with Gasteiger partial charge in [0.2, 0.25) is 5.91 Å². The van der Waals surface area contributed by atoms with E-state index < -0.39 is 0 Å². The van der Waals surface area contributed by atoms with Crippen molar-refractivity contribution in [2.45, 2.75) is 26.4 Å². The topological polar surface area (TPSA) is 54.3 Å². The summed E-state index contributed by atoms with van der Waals surface area (Å²) in [4.78, 5) is 28.0. The number of amides is 2. The molecule has 0 saturated heterocycles. The van der Waals surface area contributed by atoms with Crippen molar-refractivity contribution in [3.63, 3.8) is 0 Å². The second-order valence-corrected chi connectivity index (χ2v) is 8.90. The summed E-state index contributed by atoms with van der Waals surface area (Å²) in [6, 6.07) is 24.8. The standard InChI is InChI=1S/C28H24ClN3O2/c1-19-15-21(12-13-25(19)30-27(33)16-20-7-2-4-10-24(20)29)28(34)32-18-23-9-6-14-31(23)17-22-8-3-5-11-26(22)32/h2-15H,16-18H2,1H3,(H,30,33). The van der Waals surface area contributed by atoms with Crippen molar-refractivity contribution in [1.29, 1.82) is 0 Å². The molecular formula is C28H24ClN3O2. The van der Waals surface area contributed by atoms with Crippen LogP contribution >= 0.6 is 11.6 Å². The third-order valence-corrected chi connectivity index (χ3v) is 6.54. The van der Waals surface area contributed by atoms with Crippen LogP contribution in [-0.4, -0.2) is 16.4 Å². The van der Waals surface area contributed by atoms with E-state index >= 15 is 0 Å². The normalized spacial score (nSPS) is 12.5. The van der Waals surface area contributed by atoms with Gasteiger partial charge in [-0.1, -0.05) is 48.0 Å². The molecule has 1 N–H and O–H groups in total. The zero-order valence-corrected chi connectivity index (χ0v) is 19.5. The second kappa shape index (κ2) is 9.20. The first-order valence-corrected chi connectivity index (χ1v) is 11.5. The Labute approximate surface area is 203 Å². The maximum Gasteiger partial charge on any atom is 0.258 e. The number of hydrogen-bond donors (Lipinski definition) is 1. The highest BCUT2D eigenvalue weighted by atomic mass is 35.5. The Bertz CT molecular complexity index is 1390. The molecule has 1 aliphatic rings. The van der Waals surface area contributed by atoms with Crippen LogP contribution in [0, 0.1) is 6.92 Å². The van der Waals surface area contributed by atoms with Crippen LogP contribution in [-0.2, 0) is 24.3 Å². The zero-order valence-electron chi connectivity index (χ0n) is 18.8. The van der Waals surface area contributed by atoms with E-state index in [1.165, 1.54) is 0 Å². The second-order valence-electron chi connectivity index (χ2n) is 8.49. The van der Waals surface area contributed by atoms with Gasteiger partial charge in [0.05, 0.1) is 13.0 Å². The van der Waals surface area contributed by atoms with Crippen LogP contribution in [0.2, 0.25) is 5.02 Å². The van der Waals surface area contributed by atoms with Crippen molar-refractivity contribution in [2.75, 3.05) is 10.2 Å². The van der Waals surface area contributed by atoms with Gasteiger partial charge in [-0.15, -0.1) is 0 Å². The fourth-order valence-electron chi connectivity index (χ4n) is 4.37. The molecule has 34 heavy (non-hydrogen) atoms. The van der Waals surface area contributed by atoms with Crippen molar-refractivity contribution in [1.82, 2.24) is 4.57 Å². The maximum atomic E-state index is 13.6. The first-order valence-electron chi connectivity index (χ1n) is 11.2. The Morgan fingerprint density at radius 1 is 0.941 bits per heavy atom. The van der Waals surface area contributed by atoms with Crippen molar-refractivity contribution in [2.24, 2.45) is 0 Å². The highest BCUT2D eigenvalue weighted by molar-refractivity contribution is 6.31. The minimum Gasteiger partial charge on any atom is -0.345 e. The largest absolute Gasteiger partial charge is 0.345 e. The minimum absolute atomic E-state index is 0.0702. The molecule has 0 atom stereocenters. The van der Waals surface area contributed by atoms with Crippen LogP contribution < -0.4 is 10.2 Å². The van der Waals surface area contributed by atoms with E-state index in [4.69, 9.17) is 11.6 Å². The van der Waals surface area contributed by atoms with Gasteiger partial charge in [0.15, 0.2) is 0 Å². The summed E-state index contributed by atoms with van der Waals surface area (Å²) in [6.45, 7) is 3.12. The van der Waals surface area contributed by atoms with Gasteiger partial charge in [-0.3, -0.25) is 9.59 Å². The molecule has 5 rings (SSSR count). The van der Waals surface area contributed by atoms with Crippen LogP contribution in [0.25, 0.3) is 0 Å². The molecule has 0 unspecified atom stereocenters. The third kappa shape index (κ3) is 4.35. The molecule has 1 aromatic heterocycles. The number of para-hydroxylation sites is 1. The number of aryl methyl sites for hydroxylation is 1. The Morgan fingerprint density at radius 3 is 2.56 bits per heavy atom. The maximum absolute atomic E-state index is 13.6. The lowest BCUT2D eigenvalue weighted by molar-refractivity contribution is -0.115. The number of rotatable bonds is 4. The molecule has 170 valence electrons. The number of carbonyl (C=O) groups is 2. The lowest BCUT2D eigenvalue weighted by Crippen LogP contribution is -2.30. The van der Waals surface area contributed by atoms with Gasteiger partial charge in [-0.2, -0.15) is 0 Å². The molecule has 0 bridgehead atoms. The average Bonchev–Trinajstić information content (AvgIpc) is 3.20. The minimum atomic E-state index is -0.155. The van der Waals surface area contributed by atoms with Crippen LogP contribution in [0.15, 0.2) is 85.1 Å². The quantitative estimate of drug-likeness (QED) is 0.408. The Morgan fingerprint density at radius 2 is 1.74 bits per heavy atom. The summed E-state index contributed by atoms with van der Waals surface area (Å²) in [7, 11) is 0. The highest BCUT2D eigenvalue weighted by Crippen LogP contribution is 2.30. The van der Waals surface area contributed by atoms with Crippen LogP contribution in [0.3, 0.4) is 0 Å². The Kier molecular flexibility index (Phi) is 5.95. The Balaban J connectivity index is 1.37. The van der Waals surface area contributed by atoms with Crippen molar-refractivity contribution in [3.8, 4) is 0 Å². The predicted molar refractivity (Wildman–Crippen MR) is 135 cm³/mol. The lowest BCUT2D eigenvalue weighted by atomic mass is 10.1. The molecule has 1 aliphatic heterocycles. The molecule has 0 aliphatic carbocycles. The van der Waals surface area contributed by atoms with Gasteiger partial charge < -0.3 is 14.8 Å². The summed E-state index contributed by atoms with van der Waals surface area (Å²) in [5, 5.41) is 3.51. The van der Waals surface area contributed by atoms with Gasteiger partial charge in [0.1, 0.15) is 0 Å². The lowest BCUT2D eigenvalue weighted by Gasteiger charge is -2.23.